The minimum atomic E-state index is -0.644. The number of hydrogen-bond donors (Lipinski definition) is 0. The summed E-state index contributed by atoms with van der Waals surface area (Å²) < 4.78 is 29.7. The molecule has 1 aromatic heterocycles. The summed E-state index contributed by atoms with van der Waals surface area (Å²) in [7, 11) is 2.03. The molecule has 29 heavy (non-hydrogen) atoms. The molecule has 0 radical (unpaired) electrons. The molecule has 2 aromatic carbocycles. The Bertz CT molecular complexity index is 1120. The van der Waals surface area contributed by atoms with Gasteiger partial charge in [-0.3, -0.25) is 9.78 Å². The summed E-state index contributed by atoms with van der Waals surface area (Å²) in [6.45, 7) is 1.08. The second-order valence-corrected chi connectivity index (χ2v) is 7.59. The first-order valence-corrected chi connectivity index (χ1v) is 9.57. The largest absolute Gasteiger partial charge is 0.374 e. The summed E-state index contributed by atoms with van der Waals surface area (Å²) in [5.41, 5.74) is 4.66. The lowest BCUT2D eigenvalue weighted by atomic mass is 9.99. The molecule has 0 saturated heterocycles. The Morgan fingerprint density at radius 1 is 1.07 bits per heavy atom. The molecule has 4 nitrogen and oxygen atoms in total. The van der Waals surface area contributed by atoms with E-state index in [9.17, 15) is 13.6 Å². The van der Waals surface area contributed by atoms with E-state index in [4.69, 9.17) is 0 Å². The van der Waals surface area contributed by atoms with Gasteiger partial charge in [0.25, 0.3) is 5.91 Å². The van der Waals surface area contributed by atoms with Gasteiger partial charge in [-0.1, -0.05) is 6.07 Å². The Morgan fingerprint density at radius 2 is 1.86 bits per heavy atom. The molecule has 0 atom stereocenters. The number of aromatic nitrogens is 1. The van der Waals surface area contributed by atoms with Crippen LogP contribution in [0.4, 0.5) is 14.5 Å². The minimum absolute atomic E-state index is 0.101. The number of pyridine rings is 1. The Morgan fingerprint density at radius 3 is 2.62 bits per heavy atom. The maximum absolute atomic E-state index is 14.8. The van der Waals surface area contributed by atoms with Crippen molar-refractivity contribution in [1.82, 2.24) is 9.88 Å². The average molecular weight is 391 g/mol. The summed E-state index contributed by atoms with van der Waals surface area (Å²) in [4.78, 5) is 20.3. The molecule has 2 aliphatic heterocycles. The Kier molecular flexibility index (Phi) is 4.08. The van der Waals surface area contributed by atoms with Crippen LogP contribution >= 0.6 is 0 Å². The fraction of sp³-hybridized carbons (Fsp3) is 0.217. The van der Waals surface area contributed by atoms with E-state index in [1.807, 2.05) is 25.2 Å². The topological polar surface area (TPSA) is 36.4 Å². The maximum atomic E-state index is 14.8. The molecule has 146 valence electrons. The summed E-state index contributed by atoms with van der Waals surface area (Å²) in [6.07, 6.45) is 2.54. The third-order valence-electron chi connectivity index (χ3n) is 5.78. The van der Waals surface area contributed by atoms with E-state index in [1.165, 1.54) is 22.6 Å². The van der Waals surface area contributed by atoms with Crippen LogP contribution in [0.1, 0.15) is 27.2 Å². The van der Waals surface area contributed by atoms with Crippen molar-refractivity contribution in [2.75, 3.05) is 18.5 Å². The van der Waals surface area contributed by atoms with E-state index < -0.39 is 11.6 Å². The van der Waals surface area contributed by atoms with Crippen molar-refractivity contribution >= 4 is 11.6 Å². The number of halogens is 2. The number of carbonyl (C=O) groups excluding carboxylic acids is 1. The molecule has 1 amide bonds. The van der Waals surface area contributed by atoms with Crippen molar-refractivity contribution in [3.05, 3.63) is 82.7 Å². The van der Waals surface area contributed by atoms with Crippen LogP contribution in [-0.4, -0.2) is 29.4 Å². The summed E-state index contributed by atoms with van der Waals surface area (Å²) in [5.74, 6) is -1.54. The first kappa shape index (κ1) is 17.8. The standard InChI is InChI=1S/C23H19F2N3O/c1-27-8-6-15-9-14(4-5-22(15)27)16-10-19(24)18(20(25)11-16)12-28-13-21-17(23(28)29)3-2-7-26-21/h2-5,7,9-11H,6,8,12-13H2,1H3. The molecular formula is C23H19F2N3O. The van der Waals surface area contributed by atoms with Gasteiger partial charge in [0.2, 0.25) is 0 Å². The Hall–Kier alpha value is -3.28. The molecule has 0 unspecified atom stereocenters. The molecule has 0 spiro atoms. The molecule has 6 heteroatoms. The second kappa shape index (κ2) is 6.65. The lowest BCUT2D eigenvalue weighted by molar-refractivity contribution is 0.0763. The van der Waals surface area contributed by atoms with Crippen molar-refractivity contribution in [3.63, 3.8) is 0 Å². The fourth-order valence-electron chi connectivity index (χ4n) is 4.17. The van der Waals surface area contributed by atoms with Gasteiger partial charge in [-0.15, -0.1) is 0 Å². The molecular weight excluding hydrogens is 372 g/mol. The summed E-state index contributed by atoms with van der Waals surface area (Å²) in [6, 6.07) is 12.0. The highest BCUT2D eigenvalue weighted by Crippen LogP contribution is 2.33. The van der Waals surface area contributed by atoms with Gasteiger partial charge in [-0.2, -0.15) is 0 Å². The zero-order valence-electron chi connectivity index (χ0n) is 16.0. The van der Waals surface area contributed by atoms with E-state index in [1.54, 1.807) is 18.3 Å². The average Bonchev–Trinajstić information content (AvgIpc) is 3.24. The predicted molar refractivity (Wildman–Crippen MR) is 107 cm³/mol. The van der Waals surface area contributed by atoms with Gasteiger partial charge >= 0.3 is 0 Å². The van der Waals surface area contributed by atoms with Gasteiger partial charge in [0.15, 0.2) is 0 Å². The van der Waals surface area contributed by atoms with Gasteiger partial charge in [0.05, 0.1) is 24.3 Å². The molecule has 3 heterocycles. The van der Waals surface area contributed by atoms with Crippen LogP contribution in [-0.2, 0) is 19.5 Å². The van der Waals surface area contributed by atoms with Crippen molar-refractivity contribution < 1.29 is 13.6 Å². The van der Waals surface area contributed by atoms with Gasteiger partial charge < -0.3 is 9.80 Å². The van der Waals surface area contributed by atoms with E-state index in [0.29, 0.717) is 16.8 Å². The fourth-order valence-corrected chi connectivity index (χ4v) is 4.17. The van der Waals surface area contributed by atoms with Crippen LogP contribution in [0, 0.1) is 11.6 Å². The number of nitrogens with zero attached hydrogens (tertiary/aromatic N) is 3. The van der Waals surface area contributed by atoms with Crippen molar-refractivity contribution in [1.29, 1.82) is 0 Å². The maximum Gasteiger partial charge on any atom is 0.256 e. The van der Waals surface area contributed by atoms with Gasteiger partial charge in [-0.05, 0) is 59.5 Å². The van der Waals surface area contributed by atoms with Gasteiger partial charge in [-0.25, -0.2) is 8.78 Å². The van der Waals surface area contributed by atoms with E-state index in [-0.39, 0.29) is 24.6 Å². The zero-order chi connectivity index (χ0) is 20.1. The highest BCUT2D eigenvalue weighted by molar-refractivity contribution is 5.97. The highest BCUT2D eigenvalue weighted by Gasteiger charge is 2.29. The molecule has 3 aromatic rings. The SMILES string of the molecule is CN1CCc2cc(-c3cc(F)c(CN4Cc5ncccc5C4=O)c(F)c3)ccc21. The molecule has 0 aliphatic carbocycles. The molecule has 0 fully saturated rings. The lowest BCUT2D eigenvalue weighted by Gasteiger charge is -2.17. The van der Waals surface area contributed by atoms with Crippen LogP contribution in [0.25, 0.3) is 11.1 Å². The van der Waals surface area contributed by atoms with Crippen LogP contribution in [0.5, 0.6) is 0 Å². The monoisotopic (exact) mass is 391 g/mol. The number of rotatable bonds is 3. The number of carbonyl (C=O) groups is 1. The molecule has 0 bridgehead atoms. The van der Waals surface area contributed by atoms with E-state index in [0.717, 1.165) is 24.2 Å². The molecule has 5 rings (SSSR count). The van der Waals surface area contributed by atoms with Crippen LogP contribution < -0.4 is 4.90 Å². The Balaban J connectivity index is 1.43. The zero-order valence-corrected chi connectivity index (χ0v) is 16.0. The number of fused-ring (bicyclic) bond motifs is 2. The second-order valence-electron chi connectivity index (χ2n) is 7.59. The lowest BCUT2D eigenvalue weighted by Crippen LogP contribution is -2.24. The normalized spacial score (nSPS) is 15.1. The van der Waals surface area contributed by atoms with Gasteiger partial charge in [0.1, 0.15) is 11.6 Å². The van der Waals surface area contributed by atoms with Crippen LogP contribution in [0.3, 0.4) is 0 Å². The third-order valence-corrected chi connectivity index (χ3v) is 5.78. The highest BCUT2D eigenvalue weighted by atomic mass is 19.1. The first-order chi connectivity index (χ1) is 14.0. The van der Waals surface area contributed by atoms with Crippen LogP contribution in [0.15, 0.2) is 48.7 Å². The number of anilines is 1. The predicted octanol–water partition coefficient (Wildman–Crippen LogP) is 4.18. The molecule has 0 saturated carbocycles. The van der Waals surface area contributed by atoms with E-state index in [2.05, 4.69) is 9.88 Å². The number of amides is 1. The van der Waals surface area contributed by atoms with Crippen molar-refractivity contribution in [2.45, 2.75) is 19.5 Å². The molecule has 0 N–H and O–H groups in total. The number of hydrogen-bond acceptors (Lipinski definition) is 3. The summed E-state index contributed by atoms with van der Waals surface area (Å²) in [5, 5.41) is 0. The molecule has 2 aliphatic rings. The number of likely N-dealkylation sites (N-methyl/N-ethyl adjacent to an activating group) is 1. The minimum Gasteiger partial charge on any atom is -0.374 e. The van der Waals surface area contributed by atoms with Crippen molar-refractivity contribution in [3.8, 4) is 11.1 Å². The quantitative estimate of drug-likeness (QED) is 0.672. The van der Waals surface area contributed by atoms with Crippen LogP contribution in [0.2, 0.25) is 0 Å². The van der Waals surface area contributed by atoms with Gasteiger partial charge in [0, 0.05) is 31.0 Å². The first-order valence-electron chi connectivity index (χ1n) is 9.57. The third kappa shape index (κ3) is 2.95. The van der Waals surface area contributed by atoms with E-state index >= 15 is 0 Å². The number of benzene rings is 2. The van der Waals surface area contributed by atoms with Crippen molar-refractivity contribution in [2.24, 2.45) is 0 Å². The summed E-state index contributed by atoms with van der Waals surface area (Å²) >= 11 is 0. The Labute approximate surface area is 167 Å². The smallest absolute Gasteiger partial charge is 0.256 e.